The quantitative estimate of drug-likeness (QED) is 0.809. The van der Waals surface area contributed by atoms with Gasteiger partial charge in [-0.05, 0) is 19.8 Å². The molecule has 9 heteroatoms. The molecule has 0 fully saturated rings. The number of carbonyl (C=O) groups excluding carboxylic acids is 2. The average Bonchev–Trinajstić information content (AvgIpc) is 3.17. The van der Waals surface area contributed by atoms with Gasteiger partial charge >= 0.3 is 5.97 Å². The lowest BCUT2D eigenvalue weighted by Gasteiger charge is -2.24. The zero-order valence-electron chi connectivity index (χ0n) is 14.1. The molecule has 0 spiro atoms. The number of nitrogens with one attached hydrogen (secondary N) is 1. The van der Waals surface area contributed by atoms with Gasteiger partial charge in [0.25, 0.3) is 5.91 Å². The topological polar surface area (TPSA) is 107 Å². The van der Waals surface area contributed by atoms with E-state index in [0.717, 1.165) is 0 Å². The summed E-state index contributed by atoms with van der Waals surface area (Å²) in [6.45, 7) is 2.65. The predicted octanol–water partition coefficient (Wildman–Crippen LogP) is 1.35. The van der Waals surface area contributed by atoms with Crippen LogP contribution in [-0.2, 0) is 19.1 Å². The Morgan fingerprint density at radius 2 is 2.28 bits per heavy atom. The number of rotatable bonds is 5. The van der Waals surface area contributed by atoms with Crippen molar-refractivity contribution in [2.45, 2.75) is 38.4 Å². The second kappa shape index (κ2) is 8.02. The normalized spacial score (nSPS) is 23.4. The van der Waals surface area contributed by atoms with Crippen LogP contribution in [0.4, 0.5) is 0 Å². The molecule has 0 radical (unpaired) electrons. The first-order valence-electron chi connectivity index (χ1n) is 8.34. The van der Waals surface area contributed by atoms with E-state index in [-0.39, 0.29) is 25.3 Å². The summed E-state index contributed by atoms with van der Waals surface area (Å²) in [5.41, 5.74) is 0.923. The molecule has 2 aliphatic rings. The predicted molar refractivity (Wildman–Crippen MR) is 86.4 cm³/mol. The highest BCUT2D eigenvalue weighted by molar-refractivity contribution is 5.91. The molecule has 2 unspecified atom stereocenters. The van der Waals surface area contributed by atoms with Crippen LogP contribution in [0.3, 0.4) is 0 Å². The van der Waals surface area contributed by atoms with Gasteiger partial charge in [0.2, 0.25) is 0 Å². The molecule has 2 aliphatic heterocycles. The van der Waals surface area contributed by atoms with Gasteiger partial charge in [0.05, 0.1) is 37.4 Å². The lowest BCUT2D eigenvalue weighted by atomic mass is 10.1. The number of carbonyl (C=O) groups is 2. The van der Waals surface area contributed by atoms with E-state index in [0.29, 0.717) is 37.1 Å². The van der Waals surface area contributed by atoms with Gasteiger partial charge in [0.1, 0.15) is 12.2 Å². The highest BCUT2D eigenvalue weighted by Crippen LogP contribution is 2.24. The van der Waals surface area contributed by atoms with E-state index in [4.69, 9.17) is 9.47 Å². The summed E-state index contributed by atoms with van der Waals surface area (Å²) in [5, 5.41) is 11.1. The van der Waals surface area contributed by atoms with E-state index < -0.39 is 12.0 Å². The van der Waals surface area contributed by atoms with Gasteiger partial charge in [-0.25, -0.2) is 9.78 Å². The second-order valence-corrected chi connectivity index (χ2v) is 5.78. The van der Waals surface area contributed by atoms with Crippen LogP contribution in [0.5, 0.6) is 0 Å². The van der Waals surface area contributed by atoms with Crippen LogP contribution < -0.4 is 5.32 Å². The van der Waals surface area contributed by atoms with E-state index in [1.807, 2.05) is 10.8 Å². The maximum Gasteiger partial charge on any atom is 0.335 e. The molecule has 0 aromatic carbocycles. The van der Waals surface area contributed by atoms with Gasteiger partial charge in [-0.1, -0.05) is 0 Å². The number of imidazole rings is 1. The number of nitrogens with zero attached hydrogens (tertiary/aromatic N) is 4. The monoisotopic (exact) mass is 347 g/mol. The van der Waals surface area contributed by atoms with Crippen molar-refractivity contribution in [1.29, 1.82) is 0 Å². The van der Waals surface area contributed by atoms with Crippen LogP contribution in [0, 0.1) is 0 Å². The molecule has 3 rings (SSSR count). The number of hydrogen-bond acceptors (Lipinski definition) is 7. The van der Waals surface area contributed by atoms with Crippen LogP contribution >= 0.6 is 0 Å². The highest BCUT2D eigenvalue weighted by atomic mass is 16.5. The summed E-state index contributed by atoms with van der Waals surface area (Å²) in [7, 11) is 0. The Morgan fingerprint density at radius 1 is 1.40 bits per heavy atom. The Morgan fingerprint density at radius 3 is 2.96 bits per heavy atom. The summed E-state index contributed by atoms with van der Waals surface area (Å²) in [6, 6.07) is -0.572. The Hall–Kier alpha value is -2.55. The van der Waals surface area contributed by atoms with Gasteiger partial charge in [-0.15, -0.1) is 0 Å². The van der Waals surface area contributed by atoms with Crippen molar-refractivity contribution in [2.75, 3.05) is 19.8 Å². The number of azo groups is 1. The number of esters is 1. The van der Waals surface area contributed by atoms with E-state index in [1.165, 1.54) is 0 Å². The zero-order chi connectivity index (χ0) is 17.6. The third kappa shape index (κ3) is 4.11. The molecule has 134 valence electrons. The third-order valence-electron chi connectivity index (χ3n) is 4.11. The lowest BCUT2D eigenvalue weighted by molar-refractivity contribution is -0.139. The molecular weight excluding hydrogens is 326 g/mol. The van der Waals surface area contributed by atoms with Crippen LogP contribution in [0.15, 0.2) is 40.2 Å². The molecule has 1 aromatic heterocycles. The maximum absolute atomic E-state index is 12.5. The molecule has 0 aliphatic carbocycles. The molecule has 0 saturated heterocycles. The largest absolute Gasteiger partial charge is 0.463 e. The molecule has 9 nitrogen and oxygen atoms in total. The second-order valence-electron chi connectivity index (χ2n) is 5.78. The number of amides is 1. The summed E-state index contributed by atoms with van der Waals surface area (Å²) >= 11 is 0. The average molecular weight is 347 g/mol. The number of hydrogen-bond donors (Lipinski definition) is 1. The minimum absolute atomic E-state index is 0.126. The Bertz CT molecular complexity index is 683. The summed E-state index contributed by atoms with van der Waals surface area (Å²) in [4.78, 5) is 28.4. The van der Waals surface area contributed by atoms with Crippen LogP contribution in [0.25, 0.3) is 0 Å². The van der Waals surface area contributed by atoms with Gasteiger partial charge in [-0.2, -0.15) is 10.2 Å². The van der Waals surface area contributed by atoms with Crippen molar-refractivity contribution in [3.8, 4) is 0 Å². The van der Waals surface area contributed by atoms with Gasteiger partial charge in [-0.3, -0.25) is 4.79 Å². The molecule has 3 heterocycles. The smallest absolute Gasteiger partial charge is 0.335 e. The Labute approximate surface area is 145 Å². The molecular formula is C16H21N5O4. The standard InChI is InChI=1S/C16H21N5O4/c1-2-25-16(23)11-5-8-24-9-13(11)18-15(22)12-3-4-14(20-19-12)21-7-6-17-10-21/h6-7,10,12,14H,2-5,8-9H2,1H3,(H,18,22). The van der Waals surface area contributed by atoms with Crippen molar-refractivity contribution in [1.82, 2.24) is 14.9 Å². The van der Waals surface area contributed by atoms with E-state index in [2.05, 4.69) is 20.5 Å². The van der Waals surface area contributed by atoms with Crippen LogP contribution in [0.2, 0.25) is 0 Å². The Balaban J connectivity index is 1.65. The summed E-state index contributed by atoms with van der Waals surface area (Å²) in [6.07, 6.45) is 6.74. The fraction of sp³-hybridized carbons (Fsp3) is 0.562. The van der Waals surface area contributed by atoms with Gasteiger partial charge < -0.3 is 19.4 Å². The van der Waals surface area contributed by atoms with Crippen LogP contribution in [-0.4, -0.2) is 47.3 Å². The molecule has 0 saturated carbocycles. The van der Waals surface area contributed by atoms with Crippen molar-refractivity contribution in [3.05, 3.63) is 30.0 Å². The maximum atomic E-state index is 12.5. The number of aromatic nitrogens is 2. The van der Waals surface area contributed by atoms with Gasteiger partial charge in [0, 0.05) is 18.8 Å². The van der Waals surface area contributed by atoms with Crippen LogP contribution in [0.1, 0.15) is 32.4 Å². The van der Waals surface area contributed by atoms with Crippen molar-refractivity contribution in [3.63, 3.8) is 0 Å². The minimum atomic E-state index is -0.572. The first-order chi connectivity index (χ1) is 12.2. The summed E-state index contributed by atoms with van der Waals surface area (Å²) in [5.74, 6) is -0.693. The molecule has 1 amide bonds. The van der Waals surface area contributed by atoms with E-state index in [9.17, 15) is 9.59 Å². The molecule has 0 bridgehead atoms. The first-order valence-corrected chi connectivity index (χ1v) is 8.34. The molecule has 1 N–H and O–H groups in total. The highest BCUT2D eigenvalue weighted by Gasteiger charge is 2.28. The molecule has 25 heavy (non-hydrogen) atoms. The lowest BCUT2D eigenvalue weighted by Crippen LogP contribution is -2.38. The summed E-state index contributed by atoms with van der Waals surface area (Å²) < 4.78 is 12.2. The van der Waals surface area contributed by atoms with E-state index in [1.54, 1.807) is 19.4 Å². The molecule has 2 atom stereocenters. The van der Waals surface area contributed by atoms with Crippen molar-refractivity contribution >= 4 is 11.9 Å². The number of ether oxygens (including phenoxy) is 2. The first kappa shape index (κ1) is 17.3. The fourth-order valence-corrected chi connectivity index (χ4v) is 2.79. The molecule has 1 aromatic rings. The fourth-order valence-electron chi connectivity index (χ4n) is 2.79. The van der Waals surface area contributed by atoms with Crippen molar-refractivity contribution in [2.24, 2.45) is 10.2 Å². The Kier molecular flexibility index (Phi) is 5.54. The SMILES string of the molecule is CCOC(=O)C1=C(NC(=O)C2CCC(n3ccnc3)N=N2)COCC1. The van der Waals surface area contributed by atoms with Crippen molar-refractivity contribution < 1.29 is 19.1 Å². The zero-order valence-corrected chi connectivity index (χ0v) is 14.1. The van der Waals surface area contributed by atoms with Gasteiger partial charge in [0.15, 0.2) is 0 Å². The van der Waals surface area contributed by atoms with E-state index >= 15 is 0 Å². The third-order valence-corrected chi connectivity index (χ3v) is 4.11. The minimum Gasteiger partial charge on any atom is -0.463 e.